The SMILES string of the molecule is CC(C)(C)[Si](C)(C)OCC1(O[Si](C)(C)C(C)(C)C)CCC(n2ccc3c(Cl)nccc32)O1. The highest BCUT2D eigenvalue weighted by Crippen LogP contribution is 2.47. The van der Waals surface area contributed by atoms with Gasteiger partial charge in [0.2, 0.25) is 0 Å². The largest absolute Gasteiger partial charge is 0.411 e. The summed E-state index contributed by atoms with van der Waals surface area (Å²) in [4.78, 5) is 4.21. The van der Waals surface area contributed by atoms with Gasteiger partial charge in [0.05, 0.1) is 12.1 Å². The van der Waals surface area contributed by atoms with Crippen LogP contribution in [0.15, 0.2) is 24.5 Å². The summed E-state index contributed by atoms with van der Waals surface area (Å²) in [5.41, 5.74) is 1.03. The molecule has 180 valence electrons. The van der Waals surface area contributed by atoms with E-state index >= 15 is 0 Å². The van der Waals surface area contributed by atoms with Gasteiger partial charge in [-0.1, -0.05) is 53.1 Å². The number of fused-ring (bicyclic) bond motifs is 1. The van der Waals surface area contributed by atoms with Gasteiger partial charge in [0.1, 0.15) is 11.4 Å². The lowest BCUT2D eigenvalue weighted by Crippen LogP contribution is -2.54. The summed E-state index contributed by atoms with van der Waals surface area (Å²) >= 11 is 6.31. The molecular weight excluding hydrogens is 456 g/mol. The molecule has 0 N–H and O–H groups in total. The summed E-state index contributed by atoms with van der Waals surface area (Å²) in [7, 11) is -4.05. The molecule has 8 heteroatoms. The normalized spacial score (nSPS) is 23.3. The standard InChI is InChI=1S/C24H41ClN2O3Si2/c1-22(2,3)31(7,8)28-17-24(30-32(9,10)23(4,5)6)14-11-20(29-24)27-16-13-18-19(27)12-15-26-21(18)25/h12-13,15-16,20H,11,14,17H2,1-10H3. The third-order valence-corrected chi connectivity index (χ3v) is 17.0. The maximum absolute atomic E-state index is 6.99. The maximum atomic E-state index is 6.99. The molecule has 0 radical (unpaired) electrons. The molecule has 0 amide bonds. The average molecular weight is 497 g/mol. The molecule has 3 heterocycles. The number of hydrogen-bond acceptors (Lipinski definition) is 4. The van der Waals surface area contributed by atoms with E-state index in [9.17, 15) is 0 Å². The molecule has 2 aromatic heterocycles. The van der Waals surface area contributed by atoms with Gasteiger partial charge < -0.3 is 18.2 Å². The summed E-state index contributed by atoms with van der Waals surface area (Å²) in [6, 6.07) is 4.00. The van der Waals surface area contributed by atoms with E-state index in [1.165, 1.54) is 0 Å². The highest BCUT2D eigenvalue weighted by Gasteiger charge is 2.51. The molecular formula is C24H41ClN2O3Si2. The first kappa shape index (κ1) is 25.9. The van der Waals surface area contributed by atoms with Crippen LogP contribution >= 0.6 is 11.6 Å². The number of nitrogens with zero attached hydrogens (tertiary/aromatic N) is 2. The van der Waals surface area contributed by atoms with Crippen molar-refractivity contribution in [3.63, 3.8) is 0 Å². The second-order valence-corrected chi connectivity index (χ2v) is 22.1. The lowest BCUT2D eigenvalue weighted by Gasteiger charge is -2.45. The first-order valence-corrected chi connectivity index (χ1v) is 17.8. The zero-order valence-corrected chi connectivity index (χ0v) is 24.3. The Hall–Kier alpha value is -0.706. The van der Waals surface area contributed by atoms with Crippen molar-refractivity contribution in [1.82, 2.24) is 9.55 Å². The summed E-state index contributed by atoms with van der Waals surface area (Å²) in [6.07, 6.45) is 5.32. The van der Waals surface area contributed by atoms with E-state index in [1.54, 1.807) is 6.20 Å². The van der Waals surface area contributed by atoms with Crippen molar-refractivity contribution >= 4 is 39.1 Å². The summed E-state index contributed by atoms with van der Waals surface area (Å²) in [6.45, 7) is 23.2. The van der Waals surface area contributed by atoms with Gasteiger partial charge in [0.25, 0.3) is 0 Å². The van der Waals surface area contributed by atoms with Crippen molar-refractivity contribution in [2.75, 3.05) is 6.61 Å². The minimum atomic E-state index is -2.09. The molecule has 2 unspecified atom stereocenters. The predicted octanol–water partition coefficient (Wildman–Crippen LogP) is 7.74. The Labute approximate surface area is 201 Å². The van der Waals surface area contributed by atoms with Crippen LogP contribution in [0, 0.1) is 0 Å². The van der Waals surface area contributed by atoms with E-state index in [-0.39, 0.29) is 16.3 Å². The minimum Gasteiger partial charge on any atom is -0.411 e. The van der Waals surface area contributed by atoms with Gasteiger partial charge in [-0.2, -0.15) is 0 Å². The van der Waals surface area contributed by atoms with Crippen LogP contribution in [0.4, 0.5) is 0 Å². The van der Waals surface area contributed by atoms with Crippen LogP contribution in [-0.4, -0.2) is 38.6 Å². The molecule has 2 atom stereocenters. The third-order valence-electron chi connectivity index (χ3n) is 7.74. The fraction of sp³-hybridized carbons (Fsp3) is 0.708. The lowest BCUT2D eigenvalue weighted by molar-refractivity contribution is -0.212. The Bertz CT molecular complexity index is 962. The van der Waals surface area contributed by atoms with Gasteiger partial charge in [-0.15, -0.1) is 0 Å². The predicted molar refractivity (Wildman–Crippen MR) is 138 cm³/mol. The fourth-order valence-corrected chi connectivity index (χ4v) is 6.22. The molecule has 1 aliphatic rings. The Morgan fingerprint density at radius 3 is 2.31 bits per heavy atom. The van der Waals surface area contributed by atoms with E-state index < -0.39 is 22.4 Å². The van der Waals surface area contributed by atoms with Crippen molar-refractivity contribution < 1.29 is 13.6 Å². The molecule has 32 heavy (non-hydrogen) atoms. The number of rotatable bonds is 6. The van der Waals surface area contributed by atoms with E-state index in [4.69, 9.17) is 25.2 Å². The average Bonchev–Trinajstić information content (AvgIpc) is 3.23. The topological polar surface area (TPSA) is 45.5 Å². The second kappa shape index (κ2) is 8.50. The molecule has 1 aliphatic heterocycles. The Kier molecular flexibility index (Phi) is 6.88. The lowest BCUT2D eigenvalue weighted by atomic mass is 10.2. The number of hydrogen-bond donors (Lipinski definition) is 0. The molecule has 1 fully saturated rings. The van der Waals surface area contributed by atoms with Crippen LogP contribution in [0.25, 0.3) is 10.9 Å². The van der Waals surface area contributed by atoms with Crippen molar-refractivity contribution in [2.45, 2.75) is 103 Å². The number of halogens is 1. The van der Waals surface area contributed by atoms with Crippen molar-refractivity contribution in [2.24, 2.45) is 0 Å². The molecule has 0 spiro atoms. The first-order valence-electron chi connectivity index (χ1n) is 11.6. The Balaban J connectivity index is 1.92. The second-order valence-electron chi connectivity index (χ2n) is 12.2. The van der Waals surface area contributed by atoms with Crippen LogP contribution in [0.5, 0.6) is 0 Å². The van der Waals surface area contributed by atoms with Crippen LogP contribution in [0.1, 0.15) is 60.6 Å². The van der Waals surface area contributed by atoms with Crippen LogP contribution in [-0.2, 0) is 13.6 Å². The van der Waals surface area contributed by atoms with Gasteiger partial charge in [-0.3, -0.25) is 0 Å². The number of pyridine rings is 1. The number of ether oxygens (including phenoxy) is 1. The zero-order valence-electron chi connectivity index (χ0n) is 21.5. The quantitative estimate of drug-likeness (QED) is 0.303. The Morgan fingerprint density at radius 2 is 1.72 bits per heavy atom. The molecule has 0 saturated carbocycles. The van der Waals surface area contributed by atoms with E-state index in [2.05, 4.69) is 77.3 Å². The summed E-state index contributed by atoms with van der Waals surface area (Å²) in [5.74, 6) is -0.739. The molecule has 0 aromatic carbocycles. The zero-order chi connectivity index (χ0) is 24.2. The van der Waals surface area contributed by atoms with Crippen LogP contribution in [0.2, 0.25) is 41.4 Å². The van der Waals surface area contributed by atoms with Gasteiger partial charge in [-0.25, -0.2) is 4.98 Å². The van der Waals surface area contributed by atoms with Crippen molar-refractivity contribution in [3.05, 3.63) is 29.7 Å². The summed E-state index contributed by atoms with van der Waals surface area (Å²) in [5, 5.41) is 1.67. The van der Waals surface area contributed by atoms with Gasteiger partial charge in [0, 0.05) is 24.2 Å². The monoisotopic (exact) mass is 496 g/mol. The van der Waals surface area contributed by atoms with E-state index in [0.29, 0.717) is 11.8 Å². The minimum absolute atomic E-state index is 0.0811. The van der Waals surface area contributed by atoms with E-state index in [1.807, 2.05) is 18.3 Å². The van der Waals surface area contributed by atoms with Crippen molar-refractivity contribution in [3.8, 4) is 0 Å². The summed E-state index contributed by atoms with van der Waals surface area (Å²) < 4.78 is 22.6. The molecule has 5 nitrogen and oxygen atoms in total. The van der Waals surface area contributed by atoms with Gasteiger partial charge >= 0.3 is 0 Å². The maximum Gasteiger partial charge on any atom is 0.195 e. The smallest absolute Gasteiger partial charge is 0.195 e. The van der Waals surface area contributed by atoms with Crippen LogP contribution < -0.4 is 0 Å². The highest BCUT2D eigenvalue weighted by molar-refractivity contribution is 6.74. The first-order chi connectivity index (χ1) is 14.5. The fourth-order valence-electron chi connectivity index (χ4n) is 3.54. The van der Waals surface area contributed by atoms with Gasteiger partial charge in [0.15, 0.2) is 22.4 Å². The molecule has 0 aliphatic carbocycles. The molecule has 3 rings (SSSR count). The number of aromatic nitrogens is 2. The molecule has 1 saturated heterocycles. The highest BCUT2D eigenvalue weighted by atomic mass is 35.5. The molecule has 2 aromatic rings. The van der Waals surface area contributed by atoms with Crippen molar-refractivity contribution in [1.29, 1.82) is 0 Å². The van der Waals surface area contributed by atoms with Crippen LogP contribution in [0.3, 0.4) is 0 Å². The van der Waals surface area contributed by atoms with E-state index in [0.717, 1.165) is 23.7 Å². The van der Waals surface area contributed by atoms with Gasteiger partial charge in [-0.05, 0) is 54.8 Å². The Morgan fingerprint density at radius 1 is 1.09 bits per heavy atom. The third kappa shape index (κ3) is 5.03. The molecule has 0 bridgehead atoms.